The molecular formula is C12H15ClN2O2. The number of carbonyl (C=O) groups is 1. The van der Waals surface area contributed by atoms with Gasteiger partial charge in [-0.25, -0.2) is 4.98 Å². The number of fused-ring (bicyclic) bond motifs is 1. The Hall–Kier alpha value is -1.03. The van der Waals surface area contributed by atoms with Crippen LogP contribution in [0.1, 0.15) is 43.1 Å². The molecule has 1 unspecified atom stereocenters. The predicted octanol–water partition coefficient (Wildman–Crippen LogP) is 2.45. The number of nitrogens with zero attached hydrogens (tertiary/aromatic N) is 2. The largest absolute Gasteiger partial charge is 0.481 e. The van der Waals surface area contributed by atoms with Gasteiger partial charge in [0, 0.05) is 12.5 Å². The molecule has 1 atom stereocenters. The Balaban J connectivity index is 1.95. The number of rotatable bonds is 2. The third kappa shape index (κ3) is 1.75. The average Bonchev–Trinajstić information content (AvgIpc) is 2.54. The summed E-state index contributed by atoms with van der Waals surface area (Å²) in [7, 11) is 0. The molecule has 92 valence electrons. The van der Waals surface area contributed by atoms with Crippen molar-refractivity contribution in [2.45, 2.75) is 44.6 Å². The highest BCUT2D eigenvalue weighted by atomic mass is 35.5. The normalized spacial score (nSPS) is 24.2. The van der Waals surface area contributed by atoms with Crippen LogP contribution in [0, 0.1) is 5.92 Å². The smallest absolute Gasteiger partial charge is 0.308 e. The zero-order chi connectivity index (χ0) is 12.0. The average molecular weight is 255 g/mol. The van der Waals surface area contributed by atoms with Crippen LogP contribution in [0.4, 0.5) is 0 Å². The molecule has 0 bridgehead atoms. The second kappa shape index (κ2) is 4.02. The second-order valence-corrected chi connectivity index (χ2v) is 5.38. The number of hydrogen-bond donors (Lipinski definition) is 1. The standard InChI is InChI=1S/C12H15ClN2O2/c13-10-9-5-4-8(12(16)17)6-15(9)11(14-10)7-2-1-3-7/h7-8H,1-6H2,(H,16,17). The summed E-state index contributed by atoms with van der Waals surface area (Å²) in [4.78, 5) is 15.5. The van der Waals surface area contributed by atoms with Crippen molar-refractivity contribution in [2.24, 2.45) is 5.92 Å². The Morgan fingerprint density at radius 2 is 2.18 bits per heavy atom. The zero-order valence-corrected chi connectivity index (χ0v) is 10.3. The molecule has 2 aliphatic rings. The Kier molecular flexibility index (Phi) is 2.62. The predicted molar refractivity (Wildman–Crippen MR) is 63.3 cm³/mol. The molecule has 1 N–H and O–H groups in total. The van der Waals surface area contributed by atoms with Crippen molar-refractivity contribution < 1.29 is 9.90 Å². The maximum absolute atomic E-state index is 11.1. The summed E-state index contributed by atoms with van der Waals surface area (Å²) in [5.41, 5.74) is 1.03. The van der Waals surface area contributed by atoms with E-state index in [2.05, 4.69) is 9.55 Å². The number of carboxylic acid groups (broad SMARTS) is 1. The first-order valence-corrected chi connectivity index (χ1v) is 6.52. The SMILES string of the molecule is O=C(O)C1CCc2c(Cl)nc(C3CCC3)n2C1. The van der Waals surface area contributed by atoms with E-state index in [1.807, 2.05) is 0 Å². The number of aliphatic carboxylic acids is 1. The van der Waals surface area contributed by atoms with E-state index in [1.54, 1.807) is 0 Å². The summed E-state index contributed by atoms with van der Waals surface area (Å²) >= 11 is 6.14. The van der Waals surface area contributed by atoms with Crippen LogP contribution in [0.25, 0.3) is 0 Å². The van der Waals surface area contributed by atoms with Crippen molar-refractivity contribution in [3.63, 3.8) is 0 Å². The third-order valence-corrected chi connectivity index (χ3v) is 4.31. The van der Waals surface area contributed by atoms with E-state index in [0.717, 1.165) is 30.8 Å². The van der Waals surface area contributed by atoms with E-state index >= 15 is 0 Å². The minimum Gasteiger partial charge on any atom is -0.481 e. The van der Waals surface area contributed by atoms with Gasteiger partial charge in [0.05, 0.1) is 11.6 Å². The van der Waals surface area contributed by atoms with Gasteiger partial charge >= 0.3 is 5.97 Å². The van der Waals surface area contributed by atoms with Gasteiger partial charge < -0.3 is 9.67 Å². The molecule has 0 spiro atoms. The summed E-state index contributed by atoms with van der Waals surface area (Å²) < 4.78 is 2.06. The van der Waals surface area contributed by atoms with Crippen LogP contribution in [0.15, 0.2) is 0 Å². The molecule has 1 saturated carbocycles. The van der Waals surface area contributed by atoms with Crippen LogP contribution in [0.5, 0.6) is 0 Å². The van der Waals surface area contributed by atoms with E-state index in [4.69, 9.17) is 16.7 Å². The lowest BCUT2D eigenvalue weighted by Crippen LogP contribution is -2.28. The maximum atomic E-state index is 11.1. The highest BCUT2D eigenvalue weighted by Crippen LogP contribution is 2.39. The Morgan fingerprint density at radius 1 is 1.41 bits per heavy atom. The minimum atomic E-state index is -0.708. The molecule has 2 heterocycles. The van der Waals surface area contributed by atoms with Gasteiger partial charge in [-0.2, -0.15) is 0 Å². The lowest BCUT2D eigenvalue weighted by molar-refractivity contribution is -0.142. The molecule has 1 aromatic heterocycles. The molecule has 0 amide bonds. The van der Waals surface area contributed by atoms with Crippen molar-refractivity contribution in [2.75, 3.05) is 0 Å². The van der Waals surface area contributed by atoms with Crippen molar-refractivity contribution in [1.82, 2.24) is 9.55 Å². The molecule has 1 fully saturated rings. The van der Waals surface area contributed by atoms with Crippen LogP contribution in [0.3, 0.4) is 0 Å². The Bertz CT molecular complexity index is 465. The van der Waals surface area contributed by atoms with E-state index in [1.165, 1.54) is 6.42 Å². The number of aromatic nitrogens is 2. The topological polar surface area (TPSA) is 55.1 Å². The van der Waals surface area contributed by atoms with Crippen molar-refractivity contribution in [1.29, 1.82) is 0 Å². The maximum Gasteiger partial charge on any atom is 0.308 e. The summed E-state index contributed by atoms with van der Waals surface area (Å²) in [6.07, 6.45) is 4.96. The highest BCUT2D eigenvalue weighted by Gasteiger charge is 2.32. The lowest BCUT2D eigenvalue weighted by Gasteiger charge is -2.29. The van der Waals surface area contributed by atoms with Gasteiger partial charge in [0.2, 0.25) is 0 Å². The van der Waals surface area contributed by atoms with Gasteiger partial charge in [0.15, 0.2) is 5.15 Å². The van der Waals surface area contributed by atoms with Crippen LogP contribution < -0.4 is 0 Å². The first-order valence-electron chi connectivity index (χ1n) is 6.14. The van der Waals surface area contributed by atoms with Gasteiger partial charge in [-0.15, -0.1) is 0 Å². The van der Waals surface area contributed by atoms with E-state index in [-0.39, 0.29) is 5.92 Å². The molecule has 5 heteroatoms. The molecule has 1 aliphatic heterocycles. The Morgan fingerprint density at radius 3 is 2.76 bits per heavy atom. The molecule has 4 nitrogen and oxygen atoms in total. The van der Waals surface area contributed by atoms with Gasteiger partial charge in [0.1, 0.15) is 5.82 Å². The molecular weight excluding hydrogens is 240 g/mol. The fraction of sp³-hybridized carbons (Fsp3) is 0.667. The second-order valence-electron chi connectivity index (χ2n) is 5.02. The number of halogens is 1. The molecule has 3 rings (SSSR count). The molecule has 1 aliphatic carbocycles. The van der Waals surface area contributed by atoms with Crippen molar-refractivity contribution in [3.8, 4) is 0 Å². The third-order valence-electron chi connectivity index (χ3n) is 4.01. The van der Waals surface area contributed by atoms with E-state index in [0.29, 0.717) is 24.0 Å². The fourth-order valence-corrected chi connectivity index (χ4v) is 3.00. The summed E-state index contributed by atoms with van der Waals surface area (Å²) in [6.45, 7) is 0.538. The summed E-state index contributed by atoms with van der Waals surface area (Å²) in [6, 6.07) is 0. The fourth-order valence-electron chi connectivity index (χ4n) is 2.72. The zero-order valence-electron chi connectivity index (χ0n) is 9.53. The number of hydrogen-bond acceptors (Lipinski definition) is 2. The first kappa shape index (κ1) is 11.1. The molecule has 0 saturated heterocycles. The number of imidazole rings is 1. The van der Waals surface area contributed by atoms with Crippen LogP contribution in [-0.2, 0) is 17.8 Å². The van der Waals surface area contributed by atoms with Gasteiger partial charge in [-0.3, -0.25) is 4.79 Å². The van der Waals surface area contributed by atoms with Gasteiger partial charge in [-0.1, -0.05) is 18.0 Å². The van der Waals surface area contributed by atoms with Crippen molar-refractivity contribution >= 4 is 17.6 Å². The van der Waals surface area contributed by atoms with Crippen LogP contribution in [0.2, 0.25) is 5.15 Å². The number of carboxylic acids is 1. The Labute approximate surface area is 105 Å². The van der Waals surface area contributed by atoms with Crippen molar-refractivity contribution in [3.05, 3.63) is 16.7 Å². The monoisotopic (exact) mass is 254 g/mol. The molecule has 0 aromatic carbocycles. The lowest BCUT2D eigenvalue weighted by atomic mass is 9.84. The van der Waals surface area contributed by atoms with Gasteiger partial charge in [-0.05, 0) is 25.7 Å². The molecule has 17 heavy (non-hydrogen) atoms. The van der Waals surface area contributed by atoms with E-state index in [9.17, 15) is 4.79 Å². The summed E-state index contributed by atoms with van der Waals surface area (Å²) in [5.74, 6) is 0.516. The van der Waals surface area contributed by atoms with Gasteiger partial charge in [0.25, 0.3) is 0 Å². The van der Waals surface area contributed by atoms with E-state index < -0.39 is 5.97 Å². The van der Waals surface area contributed by atoms with Crippen LogP contribution in [-0.4, -0.2) is 20.6 Å². The quantitative estimate of drug-likeness (QED) is 0.882. The molecule has 1 aromatic rings. The molecule has 0 radical (unpaired) electrons. The summed E-state index contributed by atoms with van der Waals surface area (Å²) in [5, 5.41) is 9.68. The first-order chi connectivity index (χ1) is 8.16. The highest BCUT2D eigenvalue weighted by molar-refractivity contribution is 6.30. The van der Waals surface area contributed by atoms with Crippen LogP contribution >= 0.6 is 11.6 Å². The minimum absolute atomic E-state index is 0.286.